The van der Waals surface area contributed by atoms with Crippen LogP contribution in [0.25, 0.3) is 0 Å². The van der Waals surface area contributed by atoms with Crippen molar-refractivity contribution in [3.8, 4) is 0 Å². The summed E-state index contributed by atoms with van der Waals surface area (Å²) in [5.74, 6) is -1.46. The molecule has 0 aromatic rings. The average molecular weight is 179 g/mol. The lowest BCUT2D eigenvalue weighted by Crippen LogP contribution is -2.62. The van der Waals surface area contributed by atoms with E-state index in [2.05, 4.69) is 0 Å². The Hall–Kier alpha value is -0.620. The number of carbonyl (C=O) groups is 1. The maximum absolute atomic E-state index is 10.6. The second kappa shape index (κ2) is 2.18. The highest BCUT2D eigenvalue weighted by atomic mass is 32.2. The highest BCUT2D eigenvalue weighted by molar-refractivity contribution is 7.93. The second-order valence-corrected chi connectivity index (χ2v) is 5.03. The van der Waals surface area contributed by atoms with Gasteiger partial charge in [-0.1, -0.05) is 0 Å². The number of sulfone groups is 1. The van der Waals surface area contributed by atoms with E-state index in [0.29, 0.717) is 0 Å². The Labute approximate surface area is 64.1 Å². The lowest BCUT2D eigenvalue weighted by Gasteiger charge is -2.35. The Morgan fingerprint density at radius 2 is 2.00 bits per heavy atom. The zero-order valence-corrected chi connectivity index (χ0v) is 6.60. The fourth-order valence-corrected chi connectivity index (χ4v) is 3.11. The monoisotopic (exact) mass is 179 g/mol. The molecule has 0 atom stereocenters. The van der Waals surface area contributed by atoms with Crippen LogP contribution in [0.4, 0.5) is 0 Å². The fourth-order valence-electron chi connectivity index (χ4n) is 1.24. The van der Waals surface area contributed by atoms with E-state index >= 15 is 0 Å². The quantitative estimate of drug-likeness (QED) is 0.542. The standard InChI is InChI=1S/C5H9NO4S/c6-5(1-4(7)8)2-11(9,10)3-5/h1-3,6H2,(H,7,8). The zero-order chi connectivity index (χ0) is 8.70. The van der Waals surface area contributed by atoms with Crippen molar-refractivity contribution in [1.82, 2.24) is 0 Å². The van der Waals surface area contributed by atoms with Gasteiger partial charge in [-0.05, 0) is 0 Å². The van der Waals surface area contributed by atoms with Gasteiger partial charge in [0.05, 0.1) is 23.5 Å². The van der Waals surface area contributed by atoms with Gasteiger partial charge < -0.3 is 10.8 Å². The van der Waals surface area contributed by atoms with Gasteiger partial charge in [0.25, 0.3) is 0 Å². The summed E-state index contributed by atoms with van der Waals surface area (Å²) in [5.41, 5.74) is 4.41. The van der Waals surface area contributed by atoms with E-state index in [0.717, 1.165) is 0 Å². The Balaban J connectivity index is 2.56. The smallest absolute Gasteiger partial charge is 0.305 e. The molecule has 11 heavy (non-hydrogen) atoms. The van der Waals surface area contributed by atoms with Crippen LogP contribution in [0.5, 0.6) is 0 Å². The van der Waals surface area contributed by atoms with Crippen LogP contribution in [-0.2, 0) is 14.6 Å². The third-order valence-electron chi connectivity index (χ3n) is 1.52. The molecule has 1 fully saturated rings. The molecule has 0 saturated carbocycles. The van der Waals surface area contributed by atoms with E-state index in [1.165, 1.54) is 0 Å². The molecular weight excluding hydrogens is 170 g/mol. The van der Waals surface area contributed by atoms with Crippen LogP contribution in [0.15, 0.2) is 0 Å². The number of carboxylic acid groups (broad SMARTS) is 1. The highest BCUT2D eigenvalue weighted by Crippen LogP contribution is 2.23. The van der Waals surface area contributed by atoms with Crippen LogP contribution in [0.3, 0.4) is 0 Å². The number of rotatable bonds is 2. The van der Waals surface area contributed by atoms with E-state index < -0.39 is 21.3 Å². The molecule has 0 aromatic heterocycles. The van der Waals surface area contributed by atoms with E-state index in [-0.39, 0.29) is 17.9 Å². The Morgan fingerprint density at radius 1 is 1.55 bits per heavy atom. The Morgan fingerprint density at radius 3 is 2.27 bits per heavy atom. The summed E-state index contributed by atoms with van der Waals surface area (Å²) < 4.78 is 21.2. The van der Waals surface area contributed by atoms with Crippen molar-refractivity contribution in [3.05, 3.63) is 0 Å². The molecule has 1 aliphatic rings. The lowest BCUT2D eigenvalue weighted by atomic mass is 10.0. The molecule has 1 saturated heterocycles. The summed E-state index contributed by atoms with van der Waals surface area (Å²) in [7, 11) is -3.02. The van der Waals surface area contributed by atoms with Gasteiger partial charge >= 0.3 is 5.97 Å². The minimum atomic E-state index is -3.02. The summed E-state index contributed by atoms with van der Waals surface area (Å²) >= 11 is 0. The predicted molar refractivity (Wildman–Crippen MR) is 37.8 cm³/mol. The van der Waals surface area contributed by atoms with Crippen LogP contribution in [0.1, 0.15) is 6.42 Å². The van der Waals surface area contributed by atoms with Gasteiger partial charge in [0, 0.05) is 0 Å². The molecule has 0 radical (unpaired) electrons. The van der Waals surface area contributed by atoms with Crippen LogP contribution in [-0.4, -0.2) is 36.5 Å². The summed E-state index contributed by atoms with van der Waals surface area (Å²) in [4.78, 5) is 10.1. The SMILES string of the molecule is NC1(CC(=O)O)CS(=O)(=O)C1. The molecule has 6 heteroatoms. The van der Waals surface area contributed by atoms with Gasteiger partial charge in [-0.15, -0.1) is 0 Å². The highest BCUT2D eigenvalue weighted by Gasteiger charge is 2.46. The summed E-state index contributed by atoms with van der Waals surface area (Å²) in [5, 5.41) is 8.31. The van der Waals surface area contributed by atoms with Crippen molar-refractivity contribution >= 4 is 15.8 Å². The molecule has 0 bridgehead atoms. The van der Waals surface area contributed by atoms with Crippen LogP contribution < -0.4 is 5.73 Å². The van der Waals surface area contributed by atoms with Gasteiger partial charge in [-0.2, -0.15) is 0 Å². The van der Waals surface area contributed by atoms with Crippen molar-refractivity contribution in [2.24, 2.45) is 5.73 Å². The average Bonchev–Trinajstić information content (AvgIpc) is 1.52. The molecule has 0 aromatic carbocycles. The van der Waals surface area contributed by atoms with Crippen molar-refractivity contribution in [1.29, 1.82) is 0 Å². The first-order chi connectivity index (χ1) is 4.83. The first-order valence-electron chi connectivity index (χ1n) is 3.04. The van der Waals surface area contributed by atoms with Gasteiger partial charge in [0.2, 0.25) is 0 Å². The molecule has 1 aliphatic heterocycles. The van der Waals surface area contributed by atoms with Crippen LogP contribution in [0.2, 0.25) is 0 Å². The van der Waals surface area contributed by atoms with Gasteiger partial charge in [0.1, 0.15) is 0 Å². The normalized spacial score (nSPS) is 25.5. The van der Waals surface area contributed by atoms with Crippen LogP contribution >= 0.6 is 0 Å². The summed E-state index contributed by atoms with van der Waals surface area (Å²) in [6, 6.07) is 0. The maximum Gasteiger partial charge on any atom is 0.305 e. The molecule has 0 unspecified atom stereocenters. The minimum Gasteiger partial charge on any atom is -0.481 e. The molecule has 1 rings (SSSR count). The van der Waals surface area contributed by atoms with Gasteiger partial charge in [0.15, 0.2) is 9.84 Å². The lowest BCUT2D eigenvalue weighted by molar-refractivity contribution is -0.138. The minimum absolute atomic E-state index is 0.202. The van der Waals surface area contributed by atoms with E-state index in [9.17, 15) is 13.2 Å². The number of nitrogens with two attached hydrogens (primary N) is 1. The van der Waals surface area contributed by atoms with Crippen LogP contribution in [0, 0.1) is 0 Å². The van der Waals surface area contributed by atoms with Gasteiger partial charge in [-0.3, -0.25) is 4.79 Å². The van der Waals surface area contributed by atoms with Gasteiger partial charge in [-0.25, -0.2) is 8.42 Å². The summed E-state index contributed by atoms with van der Waals surface area (Å²) in [6.45, 7) is 0. The molecule has 0 amide bonds. The van der Waals surface area contributed by atoms with Crippen molar-refractivity contribution in [2.75, 3.05) is 11.5 Å². The number of aliphatic carboxylic acids is 1. The molecule has 3 N–H and O–H groups in total. The van der Waals surface area contributed by atoms with Crippen molar-refractivity contribution in [2.45, 2.75) is 12.0 Å². The third-order valence-corrected chi connectivity index (χ3v) is 3.55. The number of hydrogen-bond acceptors (Lipinski definition) is 4. The first kappa shape index (κ1) is 8.48. The molecule has 0 spiro atoms. The topological polar surface area (TPSA) is 97.5 Å². The molecule has 64 valence electrons. The third kappa shape index (κ3) is 1.90. The van der Waals surface area contributed by atoms with E-state index in [1.54, 1.807) is 0 Å². The van der Waals surface area contributed by atoms with E-state index in [1.807, 2.05) is 0 Å². The number of carboxylic acids is 1. The molecule has 1 heterocycles. The zero-order valence-electron chi connectivity index (χ0n) is 5.78. The Kier molecular flexibility index (Phi) is 1.68. The maximum atomic E-state index is 10.6. The molecule has 5 nitrogen and oxygen atoms in total. The predicted octanol–water partition coefficient (Wildman–Crippen LogP) is -1.41. The second-order valence-electron chi connectivity index (χ2n) is 2.97. The summed E-state index contributed by atoms with van der Waals surface area (Å²) in [6.07, 6.45) is -0.272. The van der Waals surface area contributed by atoms with Crippen molar-refractivity contribution < 1.29 is 18.3 Å². The molecular formula is C5H9NO4S. The Bertz CT molecular complexity index is 269. The van der Waals surface area contributed by atoms with E-state index in [4.69, 9.17) is 10.8 Å². The van der Waals surface area contributed by atoms with Crippen molar-refractivity contribution in [3.63, 3.8) is 0 Å². The largest absolute Gasteiger partial charge is 0.481 e. The molecule has 0 aliphatic carbocycles. The first-order valence-corrected chi connectivity index (χ1v) is 4.86. The fraction of sp³-hybridized carbons (Fsp3) is 0.800. The number of hydrogen-bond donors (Lipinski definition) is 2.